The van der Waals surface area contributed by atoms with Gasteiger partial charge in [-0.1, -0.05) is 59.6 Å². The molecule has 0 radical (unpaired) electrons. The number of carbonyl (C=O) groups excluding carboxylic acids is 1. The number of rotatable bonds is 10. The number of fused-ring (bicyclic) bond motifs is 6. The van der Waals surface area contributed by atoms with Gasteiger partial charge < -0.3 is 24.2 Å². The fourth-order valence-electron chi connectivity index (χ4n) is 11.9. The van der Waals surface area contributed by atoms with Crippen molar-refractivity contribution < 1.29 is 37.7 Å². The normalized spacial score (nSPS) is 23.3. The molecule has 4 aliphatic heterocycles. The topological polar surface area (TPSA) is 142 Å². The van der Waals surface area contributed by atoms with Gasteiger partial charge in [0.2, 0.25) is 5.88 Å². The number of pyridine rings is 1. The number of aromatic nitrogens is 3. The van der Waals surface area contributed by atoms with Gasteiger partial charge in [0.15, 0.2) is 5.82 Å². The van der Waals surface area contributed by atoms with Crippen LogP contribution < -0.4 is 19.7 Å². The number of carbonyl (C=O) groups is 2. The summed E-state index contributed by atoms with van der Waals surface area (Å²) in [4.78, 5) is 46.7. The number of amides is 2. The molecule has 2 aromatic carbocycles. The Labute approximate surface area is 393 Å². The van der Waals surface area contributed by atoms with Crippen LogP contribution in [0, 0.1) is 22.7 Å². The van der Waals surface area contributed by atoms with E-state index in [9.17, 15) is 19.1 Å². The van der Waals surface area contributed by atoms with Crippen LogP contribution in [-0.4, -0.2) is 119 Å². The Bertz CT molecular complexity index is 2660. The van der Waals surface area contributed by atoms with E-state index in [0.29, 0.717) is 95.5 Å². The molecule has 358 valence electrons. The van der Waals surface area contributed by atoms with Gasteiger partial charge >= 0.3 is 18.2 Å². The zero-order valence-corrected chi connectivity index (χ0v) is 41.5. The maximum absolute atomic E-state index is 18.3. The van der Waals surface area contributed by atoms with E-state index in [1.165, 1.54) is 4.90 Å². The van der Waals surface area contributed by atoms with E-state index in [2.05, 4.69) is 68.1 Å². The van der Waals surface area contributed by atoms with Crippen molar-refractivity contribution in [1.82, 2.24) is 24.8 Å². The summed E-state index contributed by atoms with van der Waals surface area (Å²) in [6, 6.07) is 8.09. The molecule has 3 saturated heterocycles. The SMILES string of the molecule is CC1Oc2nc(-c3cc(NC(=O)OC(C)(C)C)cc4cccc(C#C[Si](C(C)C)(C(C)C)C(C)C)c34)c(F)c3nc(OCC4(CN5CC[C@@H](F)C5)CC4)nc(c23)N2CC3CCC(C12)N3C(=O)O. The minimum atomic E-state index is -2.23. The van der Waals surface area contributed by atoms with Gasteiger partial charge in [-0.05, 0) is 100 Å². The summed E-state index contributed by atoms with van der Waals surface area (Å²) >= 11 is 0. The van der Waals surface area contributed by atoms with Crippen LogP contribution in [0.1, 0.15) is 107 Å². The third kappa shape index (κ3) is 8.64. The average molecular weight is 938 g/mol. The molecule has 9 rings (SSSR count). The van der Waals surface area contributed by atoms with Crippen LogP contribution in [0.2, 0.25) is 16.6 Å². The lowest BCUT2D eigenvalue weighted by Gasteiger charge is -2.47. The third-order valence-corrected chi connectivity index (χ3v) is 21.4. The molecule has 2 aromatic heterocycles. The highest BCUT2D eigenvalue weighted by atomic mass is 28.3. The molecule has 6 heterocycles. The van der Waals surface area contributed by atoms with Crippen LogP contribution in [0.5, 0.6) is 11.9 Å². The molecule has 13 nitrogen and oxygen atoms in total. The summed E-state index contributed by atoms with van der Waals surface area (Å²) in [5.74, 6) is 3.36. The molecule has 5 aliphatic rings. The van der Waals surface area contributed by atoms with Gasteiger partial charge in [0.05, 0.1) is 24.7 Å². The highest BCUT2D eigenvalue weighted by molar-refractivity contribution is 6.90. The highest BCUT2D eigenvalue weighted by Gasteiger charge is 2.53. The van der Waals surface area contributed by atoms with Crippen LogP contribution >= 0.6 is 0 Å². The van der Waals surface area contributed by atoms with E-state index >= 15 is 4.39 Å². The summed E-state index contributed by atoms with van der Waals surface area (Å²) < 4.78 is 51.4. The number of carboxylic acid groups (broad SMARTS) is 1. The fraction of sp³-hybridized carbons (Fsp3) is 0.588. The number of likely N-dealkylation sites (tertiary alicyclic amines) is 1. The number of nitrogens with zero attached hydrogens (tertiary/aromatic N) is 6. The van der Waals surface area contributed by atoms with Gasteiger partial charge in [0.25, 0.3) is 0 Å². The Kier molecular flexibility index (Phi) is 12.1. The van der Waals surface area contributed by atoms with Crippen LogP contribution in [0.3, 0.4) is 0 Å². The summed E-state index contributed by atoms with van der Waals surface area (Å²) in [5.41, 5.74) is 5.28. The summed E-state index contributed by atoms with van der Waals surface area (Å²) in [7, 11) is -2.23. The number of hydrogen-bond acceptors (Lipinski definition) is 10. The Morgan fingerprint density at radius 1 is 1.01 bits per heavy atom. The monoisotopic (exact) mass is 937 g/mol. The van der Waals surface area contributed by atoms with Gasteiger partial charge in [-0.3, -0.25) is 15.1 Å². The molecule has 2 N–H and O–H groups in total. The predicted octanol–water partition coefficient (Wildman–Crippen LogP) is 10.6. The van der Waals surface area contributed by atoms with Crippen molar-refractivity contribution in [3.63, 3.8) is 0 Å². The van der Waals surface area contributed by atoms with E-state index in [-0.39, 0.29) is 46.6 Å². The van der Waals surface area contributed by atoms with Crippen LogP contribution in [0.15, 0.2) is 30.3 Å². The molecule has 5 atom stereocenters. The highest BCUT2D eigenvalue weighted by Crippen LogP contribution is 2.50. The molecule has 2 amide bonds. The summed E-state index contributed by atoms with van der Waals surface area (Å²) in [6.45, 7) is 23.2. The molecule has 4 unspecified atom stereocenters. The molecule has 1 aliphatic carbocycles. The predicted molar refractivity (Wildman–Crippen MR) is 259 cm³/mol. The van der Waals surface area contributed by atoms with Crippen molar-refractivity contribution in [1.29, 1.82) is 0 Å². The van der Waals surface area contributed by atoms with Crippen molar-refractivity contribution in [2.24, 2.45) is 5.41 Å². The largest absolute Gasteiger partial charge is 0.472 e. The summed E-state index contributed by atoms with van der Waals surface area (Å²) in [5, 5.41) is 14.9. The van der Waals surface area contributed by atoms with E-state index < -0.39 is 56.0 Å². The lowest BCUT2D eigenvalue weighted by Crippen LogP contribution is -2.64. The van der Waals surface area contributed by atoms with Crippen LogP contribution in [0.25, 0.3) is 32.9 Å². The van der Waals surface area contributed by atoms with Crippen molar-refractivity contribution in [3.8, 4) is 34.6 Å². The maximum atomic E-state index is 18.3. The van der Waals surface area contributed by atoms with Crippen LogP contribution in [0.4, 0.5) is 29.9 Å². The molecule has 16 heteroatoms. The second-order valence-corrected chi connectivity index (χ2v) is 27.3. The number of piperazine rings is 1. The first-order valence-corrected chi connectivity index (χ1v) is 26.4. The average Bonchev–Trinajstić information content (AvgIpc) is 3.80. The smallest absolute Gasteiger partial charge is 0.412 e. The zero-order chi connectivity index (χ0) is 47.9. The van der Waals surface area contributed by atoms with Gasteiger partial charge in [0, 0.05) is 53.8 Å². The molecule has 0 spiro atoms. The van der Waals surface area contributed by atoms with Crippen molar-refractivity contribution in [2.75, 3.05) is 43.0 Å². The number of anilines is 2. The lowest BCUT2D eigenvalue weighted by atomic mass is 9.95. The molecule has 67 heavy (non-hydrogen) atoms. The maximum Gasteiger partial charge on any atom is 0.412 e. The molecule has 1 saturated carbocycles. The Hall–Kier alpha value is -5.27. The van der Waals surface area contributed by atoms with E-state index in [1.807, 2.05) is 31.2 Å². The van der Waals surface area contributed by atoms with E-state index in [0.717, 1.165) is 12.8 Å². The number of benzene rings is 2. The first kappa shape index (κ1) is 46.8. The third-order valence-electron chi connectivity index (χ3n) is 15.1. The minimum absolute atomic E-state index is 0.0176. The fourth-order valence-corrected chi connectivity index (χ4v) is 17.1. The number of nitrogens with one attached hydrogen (secondary N) is 1. The molecule has 4 fully saturated rings. The summed E-state index contributed by atoms with van der Waals surface area (Å²) in [6.07, 6.45) is 0.533. The number of halogens is 2. The van der Waals surface area contributed by atoms with E-state index in [1.54, 1.807) is 26.8 Å². The number of alkyl halides is 1. The van der Waals surface area contributed by atoms with Crippen LogP contribution in [-0.2, 0) is 4.74 Å². The van der Waals surface area contributed by atoms with Gasteiger partial charge in [-0.25, -0.2) is 23.4 Å². The van der Waals surface area contributed by atoms with Crippen molar-refractivity contribution in [2.45, 2.75) is 154 Å². The van der Waals surface area contributed by atoms with Gasteiger partial charge in [0.1, 0.15) is 48.4 Å². The molecular weight excluding hydrogens is 873 g/mol. The number of ether oxygens (including phenoxy) is 3. The second kappa shape index (κ2) is 17.4. The van der Waals surface area contributed by atoms with Crippen molar-refractivity contribution in [3.05, 3.63) is 41.7 Å². The molecular formula is C51H65F2N7O6Si. The standard InChI is InChI=1S/C51H65F2N7O6Si/c1-28(2)67(29(3)4,30(5)6)21-17-32-12-11-13-33-22-35(54-48(61)66-50(8,9)10)23-37(39(32)33)42-41(53)43-40-45(57-47(56-43)64-27-51(18-19-51)26-58-20-16-34(52)24-58)59-25-36-14-15-38(60(36)49(62)63)44(59)31(7)65-46(40)55-42/h11-13,22-23,28-31,34,36,38,44H,14-16,18-20,24-27H2,1-10H3,(H,54,61)(H,62,63)/t31?,34-,36?,38?,44?/m1/s1. The zero-order valence-electron chi connectivity index (χ0n) is 40.5. The second-order valence-electron chi connectivity index (χ2n) is 21.7. The molecule has 2 bridgehead atoms. The number of hydrogen-bond donors (Lipinski definition) is 2. The van der Waals surface area contributed by atoms with Gasteiger partial charge in [-0.15, -0.1) is 5.54 Å². The van der Waals surface area contributed by atoms with E-state index in [4.69, 9.17) is 29.2 Å². The Morgan fingerprint density at radius 2 is 1.75 bits per heavy atom. The molecule has 4 aromatic rings. The van der Waals surface area contributed by atoms with Crippen molar-refractivity contribution >= 4 is 53.4 Å². The quantitative estimate of drug-likeness (QED) is 0.116. The first-order valence-electron chi connectivity index (χ1n) is 24.1. The van der Waals surface area contributed by atoms with Gasteiger partial charge in [-0.2, -0.15) is 9.97 Å². The minimum Gasteiger partial charge on any atom is -0.472 e. The Morgan fingerprint density at radius 3 is 2.39 bits per heavy atom. The Balaban J connectivity index is 1.24. The lowest BCUT2D eigenvalue weighted by molar-refractivity contribution is 0.0634. The first-order chi connectivity index (χ1) is 31.7.